The molecule has 6 aromatic rings. The number of hydrogen-bond donors (Lipinski definition) is 0. The van der Waals surface area contributed by atoms with E-state index in [2.05, 4.69) is 122 Å². The van der Waals surface area contributed by atoms with Gasteiger partial charge in [-0.15, -0.1) is 0 Å². The maximum atomic E-state index is 4.26. The van der Waals surface area contributed by atoms with Crippen molar-refractivity contribution < 1.29 is 0 Å². The van der Waals surface area contributed by atoms with Crippen molar-refractivity contribution in [1.29, 1.82) is 0 Å². The molecule has 0 aromatic heterocycles. The van der Waals surface area contributed by atoms with Crippen LogP contribution in [-0.2, 0) is 0 Å². The highest BCUT2D eigenvalue weighted by atomic mass is 14.2. The van der Waals surface area contributed by atoms with E-state index in [1.807, 2.05) is 12.2 Å². The van der Waals surface area contributed by atoms with Gasteiger partial charge in [-0.05, 0) is 71.8 Å². The standard InChI is InChI=1S/C34H24.CH4/c1-3-25-26(4-2)34(31-21-13-12-20-30(31)33(25)23-14-6-5-7-15-23)32-22-24-16-8-9-17-27(24)28-18-10-11-19-29(28)32;/h3-22H,1-2H2;1H4. The van der Waals surface area contributed by atoms with Gasteiger partial charge in [-0.1, -0.05) is 136 Å². The Kier molecular flexibility index (Phi) is 5.81. The maximum Gasteiger partial charge on any atom is -0.00201 e. The largest absolute Gasteiger partial charge is 0.0984 e. The molecule has 0 unspecified atom stereocenters. The molecule has 0 saturated heterocycles. The van der Waals surface area contributed by atoms with Crippen molar-refractivity contribution in [2.75, 3.05) is 0 Å². The zero-order valence-corrected chi connectivity index (χ0v) is 19.0. The molecule has 6 rings (SSSR count). The molecule has 0 radical (unpaired) electrons. The van der Waals surface area contributed by atoms with E-state index >= 15 is 0 Å². The Morgan fingerprint density at radius 2 is 0.943 bits per heavy atom. The first-order chi connectivity index (χ1) is 16.8. The van der Waals surface area contributed by atoms with Gasteiger partial charge in [0.15, 0.2) is 0 Å². The molecular weight excluding hydrogens is 420 g/mol. The molecule has 0 amide bonds. The summed E-state index contributed by atoms with van der Waals surface area (Å²) in [5.41, 5.74) is 7.06. The third-order valence-corrected chi connectivity index (χ3v) is 6.80. The van der Waals surface area contributed by atoms with Crippen LogP contribution in [0.2, 0.25) is 0 Å². The lowest BCUT2D eigenvalue weighted by Gasteiger charge is -2.21. The van der Waals surface area contributed by atoms with Crippen molar-refractivity contribution in [2.24, 2.45) is 0 Å². The summed E-state index contributed by atoms with van der Waals surface area (Å²) in [5.74, 6) is 0. The molecule has 0 atom stereocenters. The Labute approximate surface area is 207 Å². The molecule has 35 heavy (non-hydrogen) atoms. The van der Waals surface area contributed by atoms with Gasteiger partial charge >= 0.3 is 0 Å². The van der Waals surface area contributed by atoms with E-state index in [1.54, 1.807) is 0 Å². The summed E-state index contributed by atoms with van der Waals surface area (Å²) in [5, 5.41) is 7.47. The Morgan fingerprint density at radius 3 is 1.60 bits per heavy atom. The van der Waals surface area contributed by atoms with E-state index in [1.165, 1.54) is 54.6 Å². The van der Waals surface area contributed by atoms with Crippen molar-refractivity contribution in [2.45, 2.75) is 7.43 Å². The van der Waals surface area contributed by atoms with E-state index in [4.69, 9.17) is 0 Å². The van der Waals surface area contributed by atoms with E-state index in [-0.39, 0.29) is 7.43 Å². The monoisotopic (exact) mass is 448 g/mol. The second-order valence-corrected chi connectivity index (χ2v) is 8.59. The summed E-state index contributed by atoms with van der Waals surface area (Å²) in [6.07, 6.45) is 3.98. The zero-order valence-electron chi connectivity index (χ0n) is 19.0. The summed E-state index contributed by atoms with van der Waals surface area (Å²) in [7, 11) is 0. The fraction of sp³-hybridized carbons (Fsp3) is 0.0286. The molecule has 0 heteroatoms. The normalized spacial score (nSPS) is 10.9. The maximum absolute atomic E-state index is 4.26. The molecule has 0 bridgehead atoms. The molecule has 0 spiro atoms. The van der Waals surface area contributed by atoms with Crippen LogP contribution < -0.4 is 0 Å². The fourth-order valence-electron chi connectivity index (χ4n) is 5.37. The van der Waals surface area contributed by atoms with Crippen molar-refractivity contribution in [1.82, 2.24) is 0 Å². The number of benzene rings is 6. The Morgan fingerprint density at radius 1 is 0.457 bits per heavy atom. The molecule has 0 aliphatic heterocycles. The molecule has 0 saturated carbocycles. The predicted molar refractivity (Wildman–Crippen MR) is 157 cm³/mol. The first kappa shape index (κ1) is 22.4. The number of fused-ring (bicyclic) bond motifs is 4. The van der Waals surface area contributed by atoms with Gasteiger partial charge in [-0.25, -0.2) is 0 Å². The average molecular weight is 449 g/mol. The second kappa shape index (κ2) is 9.08. The van der Waals surface area contributed by atoms with Crippen LogP contribution in [0.1, 0.15) is 18.6 Å². The number of hydrogen-bond acceptors (Lipinski definition) is 0. The Bertz CT molecular complexity index is 1720. The molecule has 6 aromatic carbocycles. The van der Waals surface area contributed by atoms with Gasteiger partial charge in [-0.2, -0.15) is 0 Å². The minimum atomic E-state index is 0. The minimum absolute atomic E-state index is 0. The first-order valence-electron chi connectivity index (χ1n) is 11.6. The Balaban J connectivity index is 0.00000253. The van der Waals surface area contributed by atoms with Crippen LogP contribution in [0.25, 0.3) is 66.7 Å². The van der Waals surface area contributed by atoms with Crippen LogP contribution >= 0.6 is 0 Å². The molecule has 0 fully saturated rings. The van der Waals surface area contributed by atoms with Crippen molar-refractivity contribution >= 4 is 44.5 Å². The van der Waals surface area contributed by atoms with Gasteiger partial charge in [0.1, 0.15) is 0 Å². The summed E-state index contributed by atoms with van der Waals surface area (Å²) in [4.78, 5) is 0. The molecule has 0 nitrogen and oxygen atoms in total. The van der Waals surface area contributed by atoms with Gasteiger partial charge in [0.05, 0.1) is 0 Å². The molecule has 0 heterocycles. The van der Waals surface area contributed by atoms with E-state index in [0.29, 0.717) is 0 Å². The summed E-state index contributed by atoms with van der Waals surface area (Å²) in [6.45, 7) is 8.49. The topological polar surface area (TPSA) is 0 Å². The van der Waals surface area contributed by atoms with Gasteiger partial charge in [-0.3, -0.25) is 0 Å². The Hall–Kier alpha value is -4.42. The highest BCUT2D eigenvalue weighted by Crippen LogP contribution is 2.45. The molecule has 0 aliphatic rings. The van der Waals surface area contributed by atoms with Crippen molar-refractivity contribution in [3.8, 4) is 22.3 Å². The lowest BCUT2D eigenvalue weighted by atomic mass is 9.82. The lowest BCUT2D eigenvalue weighted by Crippen LogP contribution is -1.96. The van der Waals surface area contributed by atoms with Gasteiger partial charge in [0.2, 0.25) is 0 Å². The van der Waals surface area contributed by atoms with Crippen LogP contribution in [-0.4, -0.2) is 0 Å². The van der Waals surface area contributed by atoms with Crippen LogP contribution in [0.3, 0.4) is 0 Å². The van der Waals surface area contributed by atoms with Crippen LogP contribution in [0.4, 0.5) is 0 Å². The van der Waals surface area contributed by atoms with Crippen molar-refractivity contribution in [3.63, 3.8) is 0 Å². The summed E-state index contributed by atoms with van der Waals surface area (Å²) >= 11 is 0. The molecule has 0 aliphatic carbocycles. The van der Waals surface area contributed by atoms with E-state index < -0.39 is 0 Å². The predicted octanol–water partition coefficient (Wildman–Crippen LogP) is 10.4. The third-order valence-electron chi connectivity index (χ3n) is 6.80. The highest BCUT2D eigenvalue weighted by Gasteiger charge is 2.20. The molecule has 168 valence electrons. The first-order valence-corrected chi connectivity index (χ1v) is 11.6. The SMILES string of the molecule is C.C=Cc1c(C=C)c(-c2cc3ccccc3c3ccccc23)c2ccccc2c1-c1ccccc1. The molecule has 0 N–H and O–H groups in total. The van der Waals surface area contributed by atoms with Gasteiger partial charge in [0.25, 0.3) is 0 Å². The summed E-state index contributed by atoms with van der Waals surface area (Å²) < 4.78 is 0. The smallest absolute Gasteiger partial charge is 0.00201 e. The van der Waals surface area contributed by atoms with Gasteiger partial charge < -0.3 is 0 Å². The second-order valence-electron chi connectivity index (χ2n) is 8.59. The highest BCUT2D eigenvalue weighted by molar-refractivity contribution is 6.19. The number of rotatable bonds is 4. The zero-order chi connectivity index (χ0) is 23.1. The average Bonchev–Trinajstić information content (AvgIpc) is 2.91. The van der Waals surface area contributed by atoms with Gasteiger partial charge in [0, 0.05) is 0 Å². The van der Waals surface area contributed by atoms with Crippen LogP contribution in [0, 0.1) is 0 Å². The summed E-state index contributed by atoms with van der Waals surface area (Å²) in [6, 6.07) is 39.0. The van der Waals surface area contributed by atoms with E-state index in [0.717, 1.165) is 11.1 Å². The van der Waals surface area contributed by atoms with Crippen LogP contribution in [0.15, 0.2) is 122 Å². The van der Waals surface area contributed by atoms with Crippen LogP contribution in [0.5, 0.6) is 0 Å². The molecular formula is C35H28. The quantitative estimate of drug-likeness (QED) is 0.235. The van der Waals surface area contributed by atoms with Crippen molar-refractivity contribution in [3.05, 3.63) is 133 Å². The van der Waals surface area contributed by atoms with E-state index in [9.17, 15) is 0 Å². The third kappa shape index (κ3) is 3.47. The lowest BCUT2D eigenvalue weighted by molar-refractivity contribution is 1.60. The fourth-order valence-corrected chi connectivity index (χ4v) is 5.37. The minimum Gasteiger partial charge on any atom is -0.0984 e.